The average molecular weight is 280 g/mol. The highest BCUT2D eigenvalue weighted by Gasteiger charge is 2.15. The summed E-state index contributed by atoms with van der Waals surface area (Å²) < 4.78 is 0. The van der Waals surface area contributed by atoms with E-state index in [2.05, 4.69) is 42.5 Å². The quantitative estimate of drug-likeness (QED) is 0.794. The predicted molar refractivity (Wildman–Crippen MR) is 83.5 cm³/mol. The Hall–Kier alpha value is -1.00. The van der Waals surface area contributed by atoms with E-state index in [1.54, 1.807) is 11.8 Å². The minimum atomic E-state index is 0.0965. The number of carbonyl (C=O) groups excluding carboxylic acids is 1. The Morgan fingerprint density at radius 2 is 1.89 bits per heavy atom. The lowest BCUT2D eigenvalue weighted by molar-refractivity contribution is -0.122. The molecule has 1 aromatic carbocycles. The molecule has 0 bridgehead atoms. The van der Waals surface area contributed by atoms with Crippen molar-refractivity contribution in [3.8, 4) is 0 Å². The summed E-state index contributed by atoms with van der Waals surface area (Å²) in [5.74, 6) is 1.00. The van der Waals surface area contributed by atoms with Crippen LogP contribution in [-0.2, 0) is 4.79 Å². The second-order valence-electron chi connectivity index (χ2n) is 4.45. The number of likely N-dealkylation sites (N-methyl/N-ethyl adjacent to an activating group) is 1. The van der Waals surface area contributed by atoms with Gasteiger partial charge in [-0.25, -0.2) is 0 Å². The number of nitrogens with zero attached hydrogens (tertiary/aromatic N) is 1. The Labute approximate surface area is 120 Å². The molecule has 0 radical (unpaired) electrons. The number of benzene rings is 1. The SMILES string of the molecule is CCN(CC)CC(=O)N[C@H](CSC)c1ccccc1. The minimum Gasteiger partial charge on any atom is -0.347 e. The largest absolute Gasteiger partial charge is 0.347 e. The zero-order valence-corrected chi connectivity index (χ0v) is 12.9. The number of amides is 1. The molecule has 0 saturated heterocycles. The van der Waals surface area contributed by atoms with E-state index >= 15 is 0 Å². The Kier molecular flexibility index (Phi) is 7.60. The standard InChI is InChI=1S/C15H24N2OS/c1-4-17(5-2)11-15(18)16-14(12-19-3)13-9-7-6-8-10-13/h6-10,14H,4-5,11-12H2,1-3H3,(H,16,18)/t14-/m1/s1. The van der Waals surface area contributed by atoms with Gasteiger partial charge in [-0.15, -0.1) is 0 Å². The first-order valence-electron chi connectivity index (χ1n) is 6.76. The normalized spacial score (nSPS) is 12.4. The molecule has 0 unspecified atom stereocenters. The molecule has 106 valence electrons. The molecule has 19 heavy (non-hydrogen) atoms. The molecule has 1 atom stereocenters. The van der Waals surface area contributed by atoms with Crippen LogP contribution in [-0.4, -0.2) is 42.4 Å². The predicted octanol–water partition coefficient (Wildman–Crippen LogP) is 2.55. The molecular formula is C15H24N2OS. The molecule has 0 aliphatic heterocycles. The Morgan fingerprint density at radius 3 is 2.42 bits per heavy atom. The summed E-state index contributed by atoms with van der Waals surface area (Å²) in [6.45, 7) is 6.44. The summed E-state index contributed by atoms with van der Waals surface area (Å²) >= 11 is 1.75. The van der Waals surface area contributed by atoms with Crippen LogP contribution in [0.4, 0.5) is 0 Å². The fourth-order valence-corrected chi connectivity index (χ4v) is 2.57. The van der Waals surface area contributed by atoms with Crippen LogP contribution in [0.2, 0.25) is 0 Å². The zero-order chi connectivity index (χ0) is 14.1. The molecule has 0 aliphatic rings. The average Bonchev–Trinajstić information content (AvgIpc) is 2.45. The lowest BCUT2D eigenvalue weighted by atomic mass is 10.1. The molecule has 0 aliphatic carbocycles. The van der Waals surface area contributed by atoms with Crippen molar-refractivity contribution in [2.24, 2.45) is 0 Å². The van der Waals surface area contributed by atoms with E-state index in [1.165, 1.54) is 5.56 Å². The summed E-state index contributed by atoms with van der Waals surface area (Å²) in [5, 5.41) is 3.13. The van der Waals surface area contributed by atoms with E-state index in [0.29, 0.717) is 6.54 Å². The molecule has 0 spiro atoms. The molecule has 4 heteroatoms. The molecular weight excluding hydrogens is 256 g/mol. The van der Waals surface area contributed by atoms with Gasteiger partial charge in [0.25, 0.3) is 0 Å². The fourth-order valence-electron chi connectivity index (χ4n) is 1.96. The molecule has 1 amide bonds. The van der Waals surface area contributed by atoms with E-state index in [-0.39, 0.29) is 11.9 Å². The highest BCUT2D eigenvalue weighted by Crippen LogP contribution is 2.16. The van der Waals surface area contributed by atoms with Crippen LogP contribution in [0, 0.1) is 0 Å². The van der Waals surface area contributed by atoms with Crippen molar-refractivity contribution in [2.45, 2.75) is 19.9 Å². The van der Waals surface area contributed by atoms with Crippen LogP contribution in [0.3, 0.4) is 0 Å². The van der Waals surface area contributed by atoms with Crippen LogP contribution < -0.4 is 5.32 Å². The highest BCUT2D eigenvalue weighted by atomic mass is 32.2. The second-order valence-corrected chi connectivity index (χ2v) is 5.36. The van der Waals surface area contributed by atoms with Gasteiger partial charge in [0.05, 0.1) is 12.6 Å². The van der Waals surface area contributed by atoms with Gasteiger partial charge in [0.1, 0.15) is 0 Å². The van der Waals surface area contributed by atoms with E-state index in [1.807, 2.05) is 18.2 Å². The van der Waals surface area contributed by atoms with Crippen molar-refractivity contribution >= 4 is 17.7 Å². The van der Waals surface area contributed by atoms with Crippen molar-refractivity contribution < 1.29 is 4.79 Å². The topological polar surface area (TPSA) is 32.3 Å². The van der Waals surface area contributed by atoms with Gasteiger partial charge in [0, 0.05) is 5.75 Å². The molecule has 1 rings (SSSR count). The van der Waals surface area contributed by atoms with Crippen molar-refractivity contribution in [2.75, 3.05) is 31.6 Å². The molecule has 3 nitrogen and oxygen atoms in total. The zero-order valence-electron chi connectivity index (χ0n) is 12.1. The van der Waals surface area contributed by atoms with Crippen LogP contribution in [0.25, 0.3) is 0 Å². The summed E-state index contributed by atoms with van der Waals surface area (Å²) in [6.07, 6.45) is 2.06. The van der Waals surface area contributed by atoms with Gasteiger partial charge in [-0.3, -0.25) is 9.69 Å². The fraction of sp³-hybridized carbons (Fsp3) is 0.533. The number of rotatable bonds is 8. The van der Waals surface area contributed by atoms with Gasteiger partial charge in [0.2, 0.25) is 5.91 Å². The van der Waals surface area contributed by atoms with Gasteiger partial charge >= 0.3 is 0 Å². The first-order chi connectivity index (χ1) is 9.21. The summed E-state index contributed by atoms with van der Waals surface area (Å²) in [6, 6.07) is 10.3. The van der Waals surface area contributed by atoms with Crippen LogP contribution in [0.15, 0.2) is 30.3 Å². The lowest BCUT2D eigenvalue weighted by Gasteiger charge is -2.22. The van der Waals surface area contributed by atoms with Gasteiger partial charge in [-0.2, -0.15) is 11.8 Å². The molecule has 0 saturated carbocycles. The van der Waals surface area contributed by atoms with Crippen LogP contribution in [0.5, 0.6) is 0 Å². The number of hydrogen-bond donors (Lipinski definition) is 1. The summed E-state index contributed by atoms with van der Waals surface area (Å²) in [5.41, 5.74) is 1.17. The van der Waals surface area contributed by atoms with E-state index < -0.39 is 0 Å². The summed E-state index contributed by atoms with van der Waals surface area (Å²) in [4.78, 5) is 14.2. The lowest BCUT2D eigenvalue weighted by Crippen LogP contribution is -2.39. The molecule has 1 aromatic rings. The Balaban J connectivity index is 2.61. The van der Waals surface area contributed by atoms with Crippen molar-refractivity contribution in [1.82, 2.24) is 10.2 Å². The molecule has 1 N–H and O–H groups in total. The molecule has 0 aromatic heterocycles. The van der Waals surface area contributed by atoms with E-state index in [4.69, 9.17) is 0 Å². The minimum absolute atomic E-state index is 0.0965. The maximum Gasteiger partial charge on any atom is 0.234 e. The Morgan fingerprint density at radius 1 is 1.26 bits per heavy atom. The van der Waals surface area contributed by atoms with Gasteiger partial charge in [-0.05, 0) is 24.9 Å². The van der Waals surface area contributed by atoms with E-state index in [0.717, 1.165) is 18.8 Å². The Bertz CT molecular complexity index is 366. The number of hydrogen-bond acceptors (Lipinski definition) is 3. The maximum absolute atomic E-state index is 12.1. The van der Waals surface area contributed by atoms with Gasteiger partial charge in [-0.1, -0.05) is 44.2 Å². The van der Waals surface area contributed by atoms with Crippen molar-refractivity contribution in [3.63, 3.8) is 0 Å². The first-order valence-corrected chi connectivity index (χ1v) is 8.16. The third-order valence-electron chi connectivity index (χ3n) is 3.13. The molecule has 0 heterocycles. The third-order valence-corrected chi connectivity index (χ3v) is 3.80. The van der Waals surface area contributed by atoms with Crippen LogP contribution >= 0.6 is 11.8 Å². The van der Waals surface area contributed by atoms with Crippen molar-refractivity contribution in [3.05, 3.63) is 35.9 Å². The third kappa shape index (κ3) is 5.66. The monoisotopic (exact) mass is 280 g/mol. The first kappa shape index (κ1) is 16.1. The van der Waals surface area contributed by atoms with Crippen molar-refractivity contribution in [1.29, 1.82) is 0 Å². The smallest absolute Gasteiger partial charge is 0.234 e. The summed E-state index contributed by atoms with van der Waals surface area (Å²) in [7, 11) is 0. The van der Waals surface area contributed by atoms with Gasteiger partial charge in [0.15, 0.2) is 0 Å². The number of thioether (sulfide) groups is 1. The number of carbonyl (C=O) groups is 1. The maximum atomic E-state index is 12.1. The van der Waals surface area contributed by atoms with E-state index in [9.17, 15) is 4.79 Å². The number of nitrogens with one attached hydrogen (secondary N) is 1. The molecule has 0 fully saturated rings. The van der Waals surface area contributed by atoms with Gasteiger partial charge < -0.3 is 5.32 Å². The second kappa shape index (κ2) is 8.99. The highest BCUT2D eigenvalue weighted by molar-refractivity contribution is 7.98. The van der Waals surface area contributed by atoms with Crippen LogP contribution in [0.1, 0.15) is 25.5 Å².